The van der Waals surface area contributed by atoms with Crippen molar-refractivity contribution >= 4 is 5.97 Å². The van der Waals surface area contributed by atoms with Gasteiger partial charge in [-0.1, -0.05) is 30.3 Å². The van der Waals surface area contributed by atoms with E-state index in [4.69, 9.17) is 4.74 Å². The van der Waals surface area contributed by atoms with Crippen LogP contribution in [0.5, 0.6) is 0 Å². The zero-order valence-electron chi connectivity index (χ0n) is 8.77. The zero-order valence-corrected chi connectivity index (χ0v) is 8.77. The third-order valence-electron chi connectivity index (χ3n) is 2.69. The summed E-state index contributed by atoms with van der Waals surface area (Å²) in [6, 6.07) is 10.1. The van der Waals surface area contributed by atoms with Gasteiger partial charge in [-0.2, -0.15) is 0 Å². The molecular weight excluding hydrogens is 190 g/mol. The van der Waals surface area contributed by atoms with Gasteiger partial charge in [-0.3, -0.25) is 4.79 Å². The van der Waals surface area contributed by atoms with Gasteiger partial charge in [0.25, 0.3) is 0 Å². The summed E-state index contributed by atoms with van der Waals surface area (Å²) in [7, 11) is 1.87. The molecule has 2 atom stereocenters. The molecule has 1 saturated carbocycles. The van der Waals surface area contributed by atoms with Crippen LogP contribution in [-0.4, -0.2) is 19.1 Å². The van der Waals surface area contributed by atoms with Crippen molar-refractivity contribution in [2.45, 2.75) is 19.1 Å². The molecule has 2 rings (SSSR count). The van der Waals surface area contributed by atoms with E-state index < -0.39 is 0 Å². The van der Waals surface area contributed by atoms with Crippen LogP contribution in [0, 0.1) is 5.92 Å². The van der Waals surface area contributed by atoms with Crippen molar-refractivity contribution < 1.29 is 9.53 Å². The van der Waals surface area contributed by atoms with E-state index in [2.05, 4.69) is 5.32 Å². The van der Waals surface area contributed by atoms with Crippen LogP contribution in [0.1, 0.15) is 12.0 Å². The van der Waals surface area contributed by atoms with Crippen LogP contribution in [0.2, 0.25) is 0 Å². The summed E-state index contributed by atoms with van der Waals surface area (Å²) in [4.78, 5) is 11.5. The van der Waals surface area contributed by atoms with Gasteiger partial charge in [0.05, 0.1) is 5.92 Å². The van der Waals surface area contributed by atoms with Gasteiger partial charge in [-0.25, -0.2) is 0 Å². The molecule has 0 heterocycles. The van der Waals surface area contributed by atoms with E-state index in [0.717, 1.165) is 12.0 Å². The summed E-state index contributed by atoms with van der Waals surface area (Å²) >= 11 is 0. The molecule has 0 bridgehead atoms. The quantitative estimate of drug-likeness (QED) is 0.754. The summed E-state index contributed by atoms with van der Waals surface area (Å²) in [5.41, 5.74) is 1.03. The highest BCUT2D eigenvalue weighted by molar-refractivity contribution is 5.76. The maximum absolute atomic E-state index is 11.5. The number of esters is 1. The van der Waals surface area contributed by atoms with Crippen LogP contribution in [0.3, 0.4) is 0 Å². The minimum atomic E-state index is -0.0850. The van der Waals surface area contributed by atoms with Crippen molar-refractivity contribution in [2.24, 2.45) is 5.92 Å². The van der Waals surface area contributed by atoms with E-state index in [1.54, 1.807) is 0 Å². The SMILES string of the molecule is CNC1CC1C(=O)OCc1ccccc1. The van der Waals surface area contributed by atoms with Crippen LogP contribution in [0.15, 0.2) is 30.3 Å². The molecule has 3 heteroatoms. The van der Waals surface area contributed by atoms with Crippen LogP contribution in [0.25, 0.3) is 0 Å². The standard InChI is InChI=1S/C12H15NO2/c1-13-11-7-10(11)12(14)15-8-9-5-3-2-4-6-9/h2-6,10-11,13H,7-8H2,1H3. The molecule has 0 spiro atoms. The van der Waals surface area contributed by atoms with Crippen LogP contribution in [-0.2, 0) is 16.1 Å². The summed E-state index contributed by atoms with van der Waals surface area (Å²) in [5, 5.41) is 3.07. The van der Waals surface area contributed by atoms with Crippen molar-refractivity contribution in [3.63, 3.8) is 0 Å². The molecule has 0 saturated heterocycles. The van der Waals surface area contributed by atoms with Gasteiger partial charge < -0.3 is 10.1 Å². The molecule has 1 aliphatic carbocycles. The summed E-state index contributed by atoms with van der Waals surface area (Å²) in [6.07, 6.45) is 0.907. The molecule has 80 valence electrons. The molecule has 0 amide bonds. The summed E-state index contributed by atoms with van der Waals surface area (Å²) in [6.45, 7) is 0.382. The molecule has 0 aromatic heterocycles. The van der Waals surface area contributed by atoms with Crippen molar-refractivity contribution in [3.05, 3.63) is 35.9 Å². The van der Waals surface area contributed by atoms with Gasteiger partial charge in [0.2, 0.25) is 0 Å². The average Bonchev–Trinajstić information content (AvgIpc) is 3.06. The zero-order chi connectivity index (χ0) is 10.7. The number of carbonyl (C=O) groups is 1. The maximum atomic E-state index is 11.5. The first-order valence-electron chi connectivity index (χ1n) is 5.19. The molecule has 1 aliphatic rings. The Kier molecular flexibility index (Phi) is 3.02. The predicted octanol–water partition coefficient (Wildman–Crippen LogP) is 1.34. The lowest BCUT2D eigenvalue weighted by atomic mass is 10.2. The van der Waals surface area contributed by atoms with E-state index in [9.17, 15) is 4.79 Å². The minimum Gasteiger partial charge on any atom is -0.461 e. The fraction of sp³-hybridized carbons (Fsp3) is 0.417. The number of rotatable bonds is 4. The first-order valence-corrected chi connectivity index (χ1v) is 5.19. The van der Waals surface area contributed by atoms with Crippen molar-refractivity contribution in [2.75, 3.05) is 7.05 Å². The van der Waals surface area contributed by atoms with Gasteiger partial charge in [-0.05, 0) is 19.0 Å². The predicted molar refractivity (Wildman–Crippen MR) is 57.2 cm³/mol. The Hall–Kier alpha value is -1.35. The Morgan fingerprint density at radius 1 is 1.47 bits per heavy atom. The Morgan fingerprint density at radius 3 is 2.80 bits per heavy atom. The highest BCUT2D eigenvalue weighted by atomic mass is 16.5. The topological polar surface area (TPSA) is 38.3 Å². The van der Waals surface area contributed by atoms with Crippen molar-refractivity contribution in [1.82, 2.24) is 5.32 Å². The van der Waals surface area contributed by atoms with Crippen LogP contribution < -0.4 is 5.32 Å². The lowest BCUT2D eigenvalue weighted by Gasteiger charge is -2.04. The monoisotopic (exact) mass is 205 g/mol. The summed E-state index contributed by atoms with van der Waals surface area (Å²) < 4.78 is 5.21. The fourth-order valence-electron chi connectivity index (χ4n) is 1.61. The van der Waals surface area contributed by atoms with Crippen LogP contribution in [0.4, 0.5) is 0 Å². The molecule has 2 unspecified atom stereocenters. The van der Waals surface area contributed by atoms with Crippen LogP contribution >= 0.6 is 0 Å². The second kappa shape index (κ2) is 4.45. The first kappa shape index (κ1) is 10.2. The highest BCUT2D eigenvalue weighted by Crippen LogP contribution is 2.31. The number of carbonyl (C=O) groups excluding carboxylic acids is 1. The first-order chi connectivity index (χ1) is 7.31. The molecule has 0 radical (unpaired) electrons. The fourth-order valence-corrected chi connectivity index (χ4v) is 1.61. The maximum Gasteiger partial charge on any atom is 0.310 e. The average molecular weight is 205 g/mol. The van der Waals surface area contributed by atoms with Gasteiger partial charge in [0.1, 0.15) is 6.61 Å². The van der Waals surface area contributed by atoms with Crippen molar-refractivity contribution in [3.8, 4) is 0 Å². The Balaban J connectivity index is 1.77. The van der Waals surface area contributed by atoms with E-state index in [1.807, 2.05) is 37.4 Å². The third-order valence-corrected chi connectivity index (χ3v) is 2.69. The number of hydrogen-bond donors (Lipinski definition) is 1. The number of nitrogens with one attached hydrogen (secondary N) is 1. The van der Waals surface area contributed by atoms with E-state index in [0.29, 0.717) is 12.6 Å². The third kappa shape index (κ3) is 2.57. The van der Waals surface area contributed by atoms with Gasteiger partial charge in [-0.15, -0.1) is 0 Å². The lowest BCUT2D eigenvalue weighted by molar-refractivity contribution is -0.146. The van der Waals surface area contributed by atoms with E-state index in [1.165, 1.54) is 0 Å². The second-order valence-corrected chi connectivity index (χ2v) is 3.83. The normalized spacial score (nSPS) is 23.5. The molecule has 1 N–H and O–H groups in total. The Labute approximate surface area is 89.4 Å². The highest BCUT2D eigenvalue weighted by Gasteiger charge is 2.43. The molecule has 3 nitrogen and oxygen atoms in total. The minimum absolute atomic E-state index is 0.0683. The Morgan fingerprint density at radius 2 is 2.20 bits per heavy atom. The van der Waals surface area contributed by atoms with Gasteiger partial charge in [0.15, 0.2) is 0 Å². The molecule has 1 fully saturated rings. The molecule has 1 aromatic rings. The molecular formula is C12H15NO2. The smallest absolute Gasteiger partial charge is 0.310 e. The Bertz CT molecular complexity index is 337. The molecule has 15 heavy (non-hydrogen) atoms. The number of ether oxygens (including phenoxy) is 1. The van der Waals surface area contributed by atoms with Crippen molar-refractivity contribution in [1.29, 1.82) is 0 Å². The van der Waals surface area contributed by atoms with Gasteiger partial charge >= 0.3 is 5.97 Å². The lowest BCUT2D eigenvalue weighted by Crippen LogP contribution is -2.17. The molecule has 0 aliphatic heterocycles. The van der Waals surface area contributed by atoms with E-state index >= 15 is 0 Å². The largest absolute Gasteiger partial charge is 0.461 e. The number of hydrogen-bond acceptors (Lipinski definition) is 3. The molecule has 1 aromatic carbocycles. The number of benzene rings is 1. The van der Waals surface area contributed by atoms with Gasteiger partial charge in [0, 0.05) is 6.04 Å². The summed E-state index contributed by atoms with van der Waals surface area (Å²) in [5.74, 6) is -0.0167. The second-order valence-electron chi connectivity index (χ2n) is 3.83. The van der Waals surface area contributed by atoms with E-state index in [-0.39, 0.29) is 11.9 Å².